The van der Waals surface area contributed by atoms with Gasteiger partial charge < -0.3 is 19.8 Å². The molecule has 0 unspecified atom stereocenters. The number of amides is 2. The van der Waals surface area contributed by atoms with Crippen LogP contribution in [0.4, 0.5) is 0 Å². The van der Waals surface area contributed by atoms with Crippen molar-refractivity contribution in [2.75, 3.05) is 13.2 Å². The highest BCUT2D eigenvalue weighted by Gasteiger charge is 2.16. The van der Waals surface area contributed by atoms with E-state index in [2.05, 4.69) is 10.6 Å². The summed E-state index contributed by atoms with van der Waals surface area (Å²) in [5.74, 6) is -2.33. The van der Waals surface area contributed by atoms with Crippen molar-refractivity contribution in [1.29, 1.82) is 0 Å². The number of fused-ring (bicyclic) bond motifs is 1. The van der Waals surface area contributed by atoms with Gasteiger partial charge in [-0.15, -0.1) is 0 Å². The summed E-state index contributed by atoms with van der Waals surface area (Å²) in [6.45, 7) is 2.72. The number of benzene rings is 1. The van der Waals surface area contributed by atoms with Crippen molar-refractivity contribution in [3.63, 3.8) is 0 Å². The Balaban J connectivity index is 1.95. The van der Waals surface area contributed by atoms with Crippen molar-refractivity contribution >= 4 is 40.4 Å². The van der Waals surface area contributed by atoms with Crippen LogP contribution < -0.4 is 16.1 Å². The lowest BCUT2D eigenvalue weighted by atomic mass is 10.2. The van der Waals surface area contributed by atoms with Gasteiger partial charge >= 0.3 is 5.97 Å². The molecule has 0 aliphatic rings. The summed E-state index contributed by atoms with van der Waals surface area (Å²) in [5.41, 5.74) is -0.292. The van der Waals surface area contributed by atoms with E-state index in [1.807, 2.05) is 0 Å². The molecule has 0 radical (unpaired) electrons. The average Bonchev–Trinajstić information content (AvgIpc) is 2.57. The zero-order valence-electron chi connectivity index (χ0n) is 14.1. The summed E-state index contributed by atoms with van der Waals surface area (Å²) < 4.78 is 10.1. The topological polar surface area (TPSA) is 115 Å². The molecule has 1 heterocycles. The van der Waals surface area contributed by atoms with Crippen LogP contribution in [-0.2, 0) is 14.3 Å². The second kappa shape index (κ2) is 8.48. The average molecular weight is 381 g/mol. The predicted octanol–water partition coefficient (Wildman–Crippen LogP) is 1.24. The monoisotopic (exact) mass is 380 g/mol. The molecule has 0 bridgehead atoms. The van der Waals surface area contributed by atoms with Crippen LogP contribution in [0.3, 0.4) is 0 Å². The number of halogens is 1. The molecular formula is C17H17ClN2O6. The first-order valence-corrected chi connectivity index (χ1v) is 8.10. The van der Waals surface area contributed by atoms with Gasteiger partial charge in [0.1, 0.15) is 5.58 Å². The molecule has 2 amide bonds. The summed E-state index contributed by atoms with van der Waals surface area (Å²) in [6, 6.07) is 5.30. The summed E-state index contributed by atoms with van der Waals surface area (Å²) in [4.78, 5) is 47.0. The molecule has 0 spiro atoms. The van der Waals surface area contributed by atoms with Gasteiger partial charge in [-0.3, -0.25) is 14.4 Å². The number of nitrogens with one attached hydrogen (secondary N) is 2. The Morgan fingerprint density at radius 3 is 2.62 bits per heavy atom. The quantitative estimate of drug-likeness (QED) is 0.729. The molecule has 0 fully saturated rings. The molecule has 1 aromatic carbocycles. The van der Waals surface area contributed by atoms with Crippen LogP contribution in [0.15, 0.2) is 33.5 Å². The molecule has 8 nitrogen and oxygen atoms in total. The van der Waals surface area contributed by atoms with E-state index in [9.17, 15) is 19.2 Å². The first kappa shape index (κ1) is 19.5. The van der Waals surface area contributed by atoms with Crippen molar-refractivity contribution in [2.45, 2.75) is 19.9 Å². The van der Waals surface area contributed by atoms with Crippen LogP contribution in [-0.4, -0.2) is 37.0 Å². The third kappa shape index (κ3) is 5.32. The SMILES string of the molecule is CC(C)NC(=O)CNC(=O)COC(=O)c1cc(=O)c2cc(Cl)ccc2o1. The van der Waals surface area contributed by atoms with Gasteiger partial charge in [0.2, 0.25) is 11.7 Å². The highest BCUT2D eigenvalue weighted by atomic mass is 35.5. The molecule has 2 N–H and O–H groups in total. The van der Waals surface area contributed by atoms with Gasteiger partial charge in [-0.2, -0.15) is 0 Å². The largest absolute Gasteiger partial charge is 0.450 e. The van der Waals surface area contributed by atoms with Crippen molar-refractivity contribution in [2.24, 2.45) is 0 Å². The lowest BCUT2D eigenvalue weighted by Crippen LogP contribution is -2.41. The number of hydrogen-bond donors (Lipinski definition) is 2. The minimum absolute atomic E-state index is 0.0529. The minimum Gasteiger partial charge on any atom is -0.450 e. The Kier molecular flexibility index (Phi) is 6.35. The lowest BCUT2D eigenvalue weighted by molar-refractivity contribution is -0.128. The zero-order chi connectivity index (χ0) is 19.3. The molecule has 0 saturated heterocycles. The van der Waals surface area contributed by atoms with Crippen LogP contribution in [0.25, 0.3) is 11.0 Å². The number of carbonyl (C=O) groups is 3. The second-order valence-corrected chi connectivity index (χ2v) is 6.13. The highest BCUT2D eigenvalue weighted by molar-refractivity contribution is 6.31. The fourth-order valence-corrected chi connectivity index (χ4v) is 2.21. The van der Waals surface area contributed by atoms with Gasteiger partial charge in [-0.25, -0.2) is 4.79 Å². The van der Waals surface area contributed by atoms with Gasteiger partial charge in [0.25, 0.3) is 5.91 Å². The summed E-state index contributed by atoms with van der Waals surface area (Å²) in [5, 5.41) is 5.49. The number of esters is 1. The Morgan fingerprint density at radius 1 is 1.19 bits per heavy atom. The van der Waals surface area contributed by atoms with Gasteiger partial charge in [-0.05, 0) is 32.0 Å². The molecule has 0 saturated carbocycles. The molecule has 0 aliphatic heterocycles. The Bertz CT molecular complexity index is 906. The van der Waals surface area contributed by atoms with Crippen LogP contribution in [0.2, 0.25) is 5.02 Å². The summed E-state index contributed by atoms with van der Waals surface area (Å²) in [6.07, 6.45) is 0. The Morgan fingerprint density at radius 2 is 1.92 bits per heavy atom. The van der Waals surface area contributed by atoms with Gasteiger partial charge in [0.05, 0.1) is 11.9 Å². The van der Waals surface area contributed by atoms with Gasteiger partial charge in [-0.1, -0.05) is 11.6 Å². The molecule has 26 heavy (non-hydrogen) atoms. The van der Waals surface area contributed by atoms with Crippen LogP contribution in [0.1, 0.15) is 24.4 Å². The lowest BCUT2D eigenvalue weighted by Gasteiger charge is -2.09. The molecule has 0 aliphatic carbocycles. The second-order valence-electron chi connectivity index (χ2n) is 5.69. The van der Waals surface area contributed by atoms with E-state index in [1.165, 1.54) is 18.2 Å². The van der Waals surface area contributed by atoms with E-state index in [0.29, 0.717) is 5.02 Å². The first-order valence-electron chi connectivity index (χ1n) is 7.73. The molecular weight excluding hydrogens is 364 g/mol. The standard InChI is InChI=1S/C17H17ClN2O6/c1-9(2)20-15(22)7-19-16(23)8-25-17(24)14-6-12(21)11-5-10(18)3-4-13(11)26-14/h3-6,9H,7-8H2,1-2H3,(H,19,23)(H,20,22). The van der Waals surface area contributed by atoms with Gasteiger partial charge in [0.15, 0.2) is 12.0 Å². The fraction of sp³-hybridized carbons (Fsp3) is 0.294. The summed E-state index contributed by atoms with van der Waals surface area (Å²) >= 11 is 5.81. The van der Waals surface area contributed by atoms with Crippen LogP contribution >= 0.6 is 11.6 Å². The smallest absolute Gasteiger partial charge is 0.374 e. The van der Waals surface area contributed by atoms with Crippen molar-refractivity contribution < 1.29 is 23.5 Å². The molecule has 138 valence electrons. The van der Waals surface area contributed by atoms with Crippen molar-refractivity contribution in [3.05, 3.63) is 45.3 Å². The maximum Gasteiger partial charge on any atom is 0.374 e. The number of hydrogen-bond acceptors (Lipinski definition) is 6. The van der Waals surface area contributed by atoms with Crippen LogP contribution in [0.5, 0.6) is 0 Å². The third-order valence-corrected chi connectivity index (χ3v) is 3.36. The Labute approximate surface area is 153 Å². The number of ether oxygens (including phenoxy) is 1. The molecule has 2 aromatic rings. The molecule has 1 aromatic heterocycles. The third-order valence-electron chi connectivity index (χ3n) is 3.12. The van der Waals surface area contributed by atoms with Crippen molar-refractivity contribution in [3.8, 4) is 0 Å². The summed E-state index contributed by atoms with van der Waals surface area (Å²) in [7, 11) is 0. The number of carbonyl (C=O) groups excluding carboxylic acids is 3. The maximum absolute atomic E-state index is 12.0. The molecule has 2 rings (SSSR count). The van der Waals surface area contributed by atoms with E-state index < -0.39 is 23.9 Å². The first-order chi connectivity index (χ1) is 12.3. The van der Waals surface area contributed by atoms with E-state index in [1.54, 1.807) is 13.8 Å². The minimum atomic E-state index is -0.972. The van der Waals surface area contributed by atoms with Crippen molar-refractivity contribution in [1.82, 2.24) is 10.6 Å². The van der Waals surface area contributed by atoms with E-state index in [0.717, 1.165) is 6.07 Å². The van der Waals surface area contributed by atoms with E-state index >= 15 is 0 Å². The highest BCUT2D eigenvalue weighted by Crippen LogP contribution is 2.17. The Hall–Kier alpha value is -2.87. The maximum atomic E-state index is 12.0. The normalized spacial score (nSPS) is 10.6. The van der Waals surface area contributed by atoms with Gasteiger partial charge in [0, 0.05) is 17.1 Å². The van der Waals surface area contributed by atoms with E-state index in [4.69, 9.17) is 20.8 Å². The zero-order valence-corrected chi connectivity index (χ0v) is 14.9. The van der Waals surface area contributed by atoms with E-state index in [-0.39, 0.29) is 35.2 Å². The number of rotatable bonds is 6. The predicted molar refractivity (Wildman–Crippen MR) is 94.1 cm³/mol. The van der Waals surface area contributed by atoms with Crippen LogP contribution in [0, 0.1) is 0 Å². The molecule has 0 atom stereocenters. The fourth-order valence-electron chi connectivity index (χ4n) is 2.03. The molecule has 9 heteroatoms.